The summed E-state index contributed by atoms with van der Waals surface area (Å²) in [7, 11) is 0. The van der Waals surface area contributed by atoms with Gasteiger partial charge in [-0.2, -0.15) is 18.2 Å². The minimum Gasteiger partial charge on any atom is -0.462 e. The molecule has 3 aromatic rings. The Labute approximate surface area is 177 Å². The van der Waals surface area contributed by atoms with E-state index < -0.39 is 34.1 Å². The van der Waals surface area contributed by atoms with Gasteiger partial charge in [0.25, 0.3) is 5.69 Å². The average molecular weight is 449 g/mol. The number of ether oxygens (including phenoxy) is 1. The maximum atomic E-state index is 12.8. The summed E-state index contributed by atoms with van der Waals surface area (Å²) in [6, 6.07) is 7.22. The maximum absolute atomic E-state index is 12.8. The highest BCUT2D eigenvalue weighted by Gasteiger charge is 2.32. The van der Waals surface area contributed by atoms with Crippen LogP contribution in [0.25, 0.3) is 23.5 Å². The molecule has 0 saturated heterocycles. The van der Waals surface area contributed by atoms with Gasteiger partial charge in [-0.25, -0.2) is 9.59 Å². The van der Waals surface area contributed by atoms with Gasteiger partial charge in [0.15, 0.2) is 0 Å². The summed E-state index contributed by atoms with van der Waals surface area (Å²) in [6.07, 6.45) is -2.37. The van der Waals surface area contributed by atoms with Gasteiger partial charge in [0.1, 0.15) is 17.2 Å². The number of rotatable bonds is 6. The minimum atomic E-state index is -4.75. The molecule has 0 aliphatic heterocycles. The number of nitrogens with zero attached hydrogens (tertiary/aromatic N) is 2. The summed E-state index contributed by atoms with van der Waals surface area (Å²) in [4.78, 5) is 39.0. The third-order valence-electron chi connectivity index (χ3n) is 4.09. The van der Waals surface area contributed by atoms with E-state index in [2.05, 4.69) is 4.98 Å². The molecule has 9 nitrogen and oxygen atoms in total. The number of aromatic amines is 1. The van der Waals surface area contributed by atoms with Crippen molar-refractivity contribution in [3.8, 4) is 11.3 Å². The number of nitro groups is 1. The predicted molar refractivity (Wildman–Crippen MR) is 106 cm³/mol. The van der Waals surface area contributed by atoms with E-state index in [9.17, 15) is 32.9 Å². The zero-order chi connectivity index (χ0) is 23.5. The Morgan fingerprint density at radius 2 is 2.00 bits per heavy atom. The molecule has 32 heavy (non-hydrogen) atoms. The molecule has 166 valence electrons. The fourth-order valence-corrected chi connectivity index (χ4v) is 2.70. The molecule has 3 rings (SSSR count). The number of hydrogen-bond acceptors (Lipinski definition) is 7. The summed E-state index contributed by atoms with van der Waals surface area (Å²) < 4.78 is 48.7. The van der Waals surface area contributed by atoms with Gasteiger partial charge in [-0.05, 0) is 49.4 Å². The monoisotopic (exact) mass is 449 g/mol. The molecule has 0 spiro atoms. The number of alkyl halides is 3. The van der Waals surface area contributed by atoms with Gasteiger partial charge < -0.3 is 14.1 Å². The number of carbonyl (C=O) groups is 1. The van der Waals surface area contributed by atoms with E-state index in [0.29, 0.717) is 6.07 Å². The normalized spacial score (nSPS) is 11.6. The summed E-state index contributed by atoms with van der Waals surface area (Å²) in [5.74, 6) is -0.491. The number of esters is 1. The van der Waals surface area contributed by atoms with Crippen LogP contribution >= 0.6 is 0 Å². The van der Waals surface area contributed by atoms with Crippen LogP contribution in [0, 0.1) is 10.1 Å². The van der Waals surface area contributed by atoms with Crippen molar-refractivity contribution in [2.75, 3.05) is 6.61 Å². The van der Waals surface area contributed by atoms with Crippen molar-refractivity contribution in [1.29, 1.82) is 0 Å². The molecule has 2 aromatic heterocycles. The first kappa shape index (κ1) is 22.5. The molecule has 1 aromatic carbocycles. The van der Waals surface area contributed by atoms with Gasteiger partial charge in [-0.15, -0.1) is 0 Å². The van der Waals surface area contributed by atoms with Gasteiger partial charge >= 0.3 is 17.8 Å². The molecule has 2 heterocycles. The number of nitrogens with one attached hydrogen (secondary N) is 1. The second kappa shape index (κ2) is 8.88. The molecule has 0 radical (unpaired) electrons. The van der Waals surface area contributed by atoms with Crippen LogP contribution in [0.3, 0.4) is 0 Å². The summed E-state index contributed by atoms with van der Waals surface area (Å²) >= 11 is 0. The highest BCUT2D eigenvalue weighted by Crippen LogP contribution is 2.33. The topological polar surface area (TPSA) is 128 Å². The zero-order valence-electron chi connectivity index (χ0n) is 16.3. The van der Waals surface area contributed by atoms with Crippen LogP contribution in [0.2, 0.25) is 0 Å². The molecule has 0 aliphatic carbocycles. The van der Waals surface area contributed by atoms with Crippen molar-refractivity contribution < 1.29 is 32.0 Å². The number of H-pyrrole nitrogens is 1. The van der Waals surface area contributed by atoms with E-state index in [4.69, 9.17) is 9.15 Å². The summed E-state index contributed by atoms with van der Waals surface area (Å²) in [5.41, 5.74) is -3.01. The van der Waals surface area contributed by atoms with E-state index in [1.54, 1.807) is 11.9 Å². The lowest BCUT2D eigenvalue weighted by Gasteiger charge is -2.05. The first-order valence-corrected chi connectivity index (χ1v) is 9.01. The number of aromatic nitrogens is 2. The van der Waals surface area contributed by atoms with Gasteiger partial charge in [0, 0.05) is 6.07 Å². The van der Waals surface area contributed by atoms with E-state index in [1.807, 2.05) is 0 Å². The van der Waals surface area contributed by atoms with Crippen LogP contribution in [0.4, 0.5) is 18.9 Å². The third kappa shape index (κ3) is 5.09. The van der Waals surface area contributed by atoms with Crippen molar-refractivity contribution >= 4 is 23.8 Å². The van der Waals surface area contributed by atoms with Crippen LogP contribution in [-0.4, -0.2) is 27.5 Å². The van der Waals surface area contributed by atoms with E-state index in [-0.39, 0.29) is 34.9 Å². The van der Waals surface area contributed by atoms with Crippen molar-refractivity contribution in [2.45, 2.75) is 13.1 Å². The van der Waals surface area contributed by atoms with Crippen LogP contribution in [0.15, 0.2) is 45.6 Å². The molecule has 0 unspecified atom stereocenters. The predicted octanol–water partition coefficient (Wildman–Crippen LogP) is 4.30. The number of benzene rings is 1. The standard InChI is InChI=1S/C20H14F3N3O6/c1-2-31-18(27)11-3-7-14(15(9-11)26(29)30)16-8-6-13(32-16)5-4-12-10-17(20(21,22)23)25-19(28)24-12/h3-10H,2H2,1H3,(H,24,25,28)/b5-4+. The Bertz CT molecular complexity index is 1260. The Kier molecular flexibility index (Phi) is 6.23. The Balaban J connectivity index is 1.91. The molecular weight excluding hydrogens is 435 g/mol. The maximum Gasteiger partial charge on any atom is 0.431 e. The van der Waals surface area contributed by atoms with Gasteiger partial charge in [-0.1, -0.05) is 0 Å². The molecular formula is C20H14F3N3O6. The minimum absolute atomic E-state index is 0.00480. The lowest BCUT2D eigenvalue weighted by molar-refractivity contribution is -0.384. The Hall–Kier alpha value is -4.22. The van der Waals surface area contributed by atoms with Crippen molar-refractivity contribution in [1.82, 2.24) is 9.97 Å². The fraction of sp³-hybridized carbons (Fsp3) is 0.150. The Morgan fingerprint density at radius 3 is 2.66 bits per heavy atom. The third-order valence-corrected chi connectivity index (χ3v) is 4.09. The van der Waals surface area contributed by atoms with E-state index >= 15 is 0 Å². The number of halogens is 3. The summed E-state index contributed by atoms with van der Waals surface area (Å²) in [6.45, 7) is 1.71. The lowest BCUT2D eigenvalue weighted by atomic mass is 10.1. The number of nitro benzene ring substituents is 1. The SMILES string of the molecule is CCOC(=O)c1ccc(-c2ccc(/C=C/c3cc(C(F)(F)F)[nH]c(=O)n3)o2)c([N+](=O)[O-])c1. The number of hydrogen-bond donors (Lipinski definition) is 1. The zero-order valence-corrected chi connectivity index (χ0v) is 16.3. The second-order valence-corrected chi connectivity index (χ2v) is 6.27. The van der Waals surface area contributed by atoms with Gasteiger partial charge in [0.2, 0.25) is 0 Å². The van der Waals surface area contributed by atoms with Gasteiger partial charge in [0.05, 0.1) is 28.4 Å². The van der Waals surface area contributed by atoms with Crippen LogP contribution in [0.5, 0.6) is 0 Å². The Morgan fingerprint density at radius 1 is 1.25 bits per heavy atom. The van der Waals surface area contributed by atoms with Crippen molar-refractivity contribution in [3.05, 3.63) is 79.7 Å². The first-order valence-electron chi connectivity index (χ1n) is 9.01. The molecule has 0 saturated carbocycles. The van der Waals surface area contributed by atoms with E-state index in [0.717, 1.165) is 12.1 Å². The number of carbonyl (C=O) groups excluding carboxylic acids is 1. The van der Waals surface area contributed by atoms with Crippen molar-refractivity contribution in [3.63, 3.8) is 0 Å². The van der Waals surface area contributed by atoms with Crippen LogP contribution in [-0.2, 0) is 10.9 Å². The highest BCUT2D eigenvalue weighted by atomic mass is 19.4. The quantitative estimate of drug-likeness (QED) is 0.337. The second-order valence-electron chi connectivity index (χ2n) is 6.27. The molecule has 0 amide bonds. The molecule has 0 bridgehead atoms. The van der Waals surface area contributed by atoms with E-state index in [1.165, 1.54) is 30.3 Å². The van der Waals surface area contributed by atoms with Crippen LogP contribution < -0.4 is 5.69 Å². The first-order chi connectivity index (χ1) is 15.1. The smallest absolute Gasteiger partial charge is 0.431 e. The highest BCUT2D eigenvalue weighted by molar-refractivity contribution is 5.91. The summed E-state index contributed by atoms with van der Waals surface area (Å²) in [5, 5.41) is 11.5. The van der Waals surface area contributed by atoms with Gasteiger partial charge in [-0.3, -0.25) is 10.1 Å². The van der Waals surface area contributed by atoms with Crippen molar-refractivity contribution in [2.24, 2.45) is 0 Å². The largest absolute Gasteiger partial charge is 0.462 e. The fourth-order valence-electron chi connectivity index (χ4n) is 2.70. The molecule has 0 aliphatic rings. The molecule has 0 fully saturated rings. The average Bonchev–Trinajstić information content (AvgIpc) is 3.20. The molecule has 12 heteroatoms. The number of furan rings is 1. The lowest BCUT2D eigenvalue weighted by Crippen LogP contribution is -2.19. The molecule has 0 atom stereocenters. The molecule has 1 N–H and O–H groups in total. The van der Waals surface area contributed by atoms with Crippen LogP contribution in [0.1, 0.15) is 34.4 Å².